The zero-order chi connectivity index (χ0) is 24.7. The summed E-state index contributed by atoms with van der Waals surface area (Å²) in [5.41, 5.74) is 3.39. The monoisotopic (exact) mass is 464 g/mol. The average Bonchev–Trinajstić information content (AvgIpc) is 2.82. The van der Waals surface area contributed by atoms with E-state index < -0.39 is 6.04 Å². The second-order valence-corrected chi connectivity index (χ2v) is 10.5. The summed E-state index contributed by atoms with van der Waals surface area (Å²) in [5, 5.41) is 3.17. The second-order valence-electron chi connectivity index (χ2n) is 10.5. The lowest BCUT2D eigenvalue weighted by Gasteiger charge is -2.31. The molecule has 2 amide bonds. The van der Waals surface area contributed by atoms with Gasteiger partial charge in [0.1, 0.15) is 11.8 Å². The molecule has 1 atom stereocenters. The van der Waals surface area contributed by atoms with Crippen LogP contribution in [0.4, 0.5) is 0 Å². The summed E-state index contributed by atoms with van der Waals surface area (Å²) in [5.74, 6) is 0.356. The highest BCUT2D eigenvalue weighted by atomic mass is 16.5. The Morgan fingerprint density at radius 3 is 2.29 bits per heavy atom. The number of nitrogens with one attached hydrogen (secondary N) is 1. The van der Waals surface area contributed by atoms with E-state index in [-0.39, 0.29) is 29.9 Å². The van der Waals surface area contributed by atoms with Crippen LogP contribution in [0.3, 0.4) is 0 Å². The van der Waals surface area contributed by atoms with Gasteiger partial charge in [0.15, 0.2) is 6.61 Å². The highest BCUT2D eigenvalue weighted by molar-refractivity contribution is 5.88. The van der Waals surface area contributed by atoms with Gasteiger partial charge in [0, 0.05) is 12.6 Å². The van der Waals surface area contributed by atoms with Gasteiger partial charge in [-0.3, -0.25) is 9.59 Å². The summed E-state index contributed by atoms with van der Waals surface area (Å²) in [7, 11) is 0. The molecule has 0 unspecified atom stereocenters. The summed E-state index contributed by atoms with van der Waals surface area (Å²) in [6.45, 7) is 10.6. The fraction of sp³-hybridized carbons (Fsp3) is 0.517. The summed E-state index contributed by atoms with van der Waals surface area (Å²) >= 11 is 0. The van der Waals surface area contributed by atoms with Crippen molar-refractivity contribution in [1.82, 2.24) is 10.2 Å². The van der Waals surface area contributed by atoms with Gasteiger partial charge in [-0.05, 0) is 60.9 Å². The predicted octanol–water partition coefficient (Wildman–Crippen LogP) is 5.54. The van der Waals surface area contributed by atoms with Crippen molar-refractivity contribution in [3.05, 3.63) is 65.2 Å². The minimum atomic E-state index is -0.583. The molecule has 5 nitrogen and oxygen atoms in total. The Labute approximate surface area is 204 Å². The van der Waals surface area contributed by atoms with Gasteiger partial charge in [-0.1, -0.05) is 76.4 Å². The maximum atomic E-state index is 13.3. The van der Waals surface area contributed by atoms with E-state index in [2.05, 4.69) is 26.1 Å². The molecule has 0 heterocycles. The lowest BCUT2D eigenvalue weighted by molar-refractivity contribution is -0.142. The fourth-order valence-electron chi connectivity index (χ4n) is 4.40. The zero-order valence-electron chi connectivity index (χ0n) is 21.4. The molecule has 0 spiro atoms. The van der Waals surface area contributed by atoms with Crippen LogP contribution in [0.5, 0.6) is 5.75 Å². The molecule has 0 aliphatic heterocycles. The van der Waals surface area contributed by atoms with Gasteiger partial charge >= 0.3 is 0 Å². The normalized spacial score (nSPS) is 15.4. The second kappa shape index (κ2) is 11.5. The number of hydrogen-bond donors (Lipinski definition) is 1. The van der Waals surface area contributed by atoms with E-state index in [4.69, 9.17) is 4.74 Å². The van der Waals surface area contributed by atoms with E-state index in [1.54, 1.807) is 4.90 Å². The molecule has 0 bridgehead atoms. The highest BCUT2D eigenvalue weighted by Gasteiger charge is 2.28. The number of rotatable bonds is 8. The fourth-order valence-corrected chi connectivity index (χ4v) is 4.40. The first-order chi connectivity index (χ1) is 16.1. The topological polar surface area (TPSA) is 58.6 Å². The molecular weight excluding hydrogens is 424 g/mol. The number of aryl methyl sites for hydroxylation is 1. The third-order valence-electron chi connectivity index (χ3n) is 6.80. The van der Waals surface area contributed by atoms with Crippen LogP contribution >= 0.6 is 0 Å². The summed E-state index contributed by atoms with van der Waals surface area (Å²) in [4.78, 5) is 28.1. The van der Waals surface area contributed by atoms with Crippen LogP contribution in [-0.4, -0.2) is 35.4 Å². The Morgan fingerprint density at radius 1 is 1.03 bits per heavy atom. The SMILES string of the molecule is Cc1ccccc1CN(C(=O)COc1ccc(C(C)(C)C)cc1)[C@H](C)C(=O)NC1CCCCC1. The molecule has 184 valence electrons. The molecule has 3 rings (SSSR count). The first-order valence-corrected chi connectivity index (χ1v) is 12.5. The Balaban J connectivity index is 1.70. The maximum Gasteiger partial charge on any atom is 0.261 e. The molecule has 5 heteroatoms. The van der Waals surface area contributed by atoms with Gasteiger partial charge in [0.2, 0.25) is 5.91 Å². The van der Waals surface area contributed by atoms with Crippen LogP contribution in [0.25, 0.3) is 0 Å². The number of amides is 2. The summed E-state index contributed by atoms with van der Waals surface area (Å²) in [6.07, 6.45) is 5.55. The van der Waals surface area contributed by atoms with Crippen molar-refractivity contribution in [2.24, 2.45) is 0 Å². The van der Waals surface area contributed by atoms with Crippen LogP contribution in [-0.2, 0) is 21.5 Å². The van der Waals surface area contributed by atoms with Crippen molar-refractivity contribution in [2.45, 2.75) is 90.8 Å². The van der Waals surface area contributed by atoms with E-state index in [1.807, 2.05) is 62.4 Å². The molecule has 0 aromatic heterocycles. The van der Waals surface area contributed by atoms with Gasteiger partial charge in [-0.2, -0.15) is 0 Å². The molecule has 1 aliphatic carbocycles. The van der Waals surface area contributed by atoms with Crippen LogP contribution < -0.4 is 10.1 Å². The number of carbonyl (C=O) groups is 2. The lowest BCUT2D eigenvalue weighted by atomic mass is 9.87. The van der Waals surface area contributed by atoms with E-state index in [0.29, 0.717) is 12.3 Å². The molecule has 1 saturated carbocycles. The Bertz CT molecular complexity index is 956. The summed E-state index contributed by atoms with van der Waals surface area (Å²) in [6, 6.07) is 15.5. The minimum Gasteiger partial charge on any atom is -0.484 e. The lowest BCUT2D eigenvalue weighted by Crippen LogP contribution is -2.51. The van der Waals surface area contributed by atoms with Crippen LogP contribution in [0, 0.1) is 6.92 Å². The number of hydrogen-bond acceptors (Lipinski definition) is 3. The molecule has 2 aromatic rings. The molecule has 1 aliphatic rings. The van der Waals surface area contributed by atoms with Gasteiger partial charge in [-0.25, -0.2) is 0 Å². The van der Waals surface area contributed by atoms with Crippen molar-refractivity contribution in [1.29, 1.82) is 0 Å². The molecule has 1 fully saturated rings. The van der Waals surface area contributed by atoms with Gasteiger partial charge < -0.3 is 15.0 Å². The largest absolute Gasteiger partial charge is 0.484 e. The van der Waals surface area contributed by atoms with Crippen LogP contribution in [0.2, 0.25) is 0 Å². The Kier molecular flexibility index (Phi) is 8.76. The van der Waals surface area contributed by atoms with E-state index in [1.165, 1.54) is 12.0 Å². The molecule has 2 aromatic carbocycles. The molecule has 0 radical (unpaired) electrons. The standard InChI is InChI=1S/C29H40N2O3/c1-21-11-9-10-12-23(21)19-31(22(2)28(33)30-25-13-7-6-8-14-25)27(32)20-34-26-17-15-24(16-18-26)29(3,4)5/h9-12,15-18,22,25H,6-8,13-14,19-20H2,1-5H3,(H,30,33)/t22-/m1/s1. The Hall–Kier alpha value is -2.82. The minimum absolute atomic E-state index is 0.0554. The van der Waals surface area contributed by atoms with E-state index in [9.17, 15) is 9.59 Å². The van der Waals surface area contributed by atoms with Gasteiger partial charge in [-0.15, -0.1) is 0 Å². The predicted molar refractivity (Wildman–Crippen MR) is 137 cm³/mol. The molecule has 0 saturated heterocycles. The quantitative estimate of drug-likeness (QED) is 0.558. The van der Waals surface area contributed by atoms with E-state index in [0.717, 1.165) is 36.8 Å². The third-order valence-corrected chi connectivity index (χ3v) is 6.80. The smallest absolute Gasteiger partial charge is 0.261 e. The molecule has 34 heavy (non-hydrogen) atoms. The van der Waals surface area contributed by atoms with E-state index >= 15 is 0 Å². The van der Waals surface area contributed by atoms with Crippen molar-refractivity contribution >= 4 is 11.8 Å². The van der Waals surface area contributed by atoms with Crippen molar-refractivity contribution in [3.8, 4) is 5.75 Å². The van der Waals surface area contributed by atoms with Gasteiger partial charge in [0.05, 0.1) is 0 Å². The molecule has 1 N–H and O–H groups in total. The number of nitrogens with zero attached hydrogens (tertiary/aromatic N) is 1. The Morgan fingerprint density at radius 2 is 1.68 bits per heavy atom. The maximum absolute atomic E-state index is 13.3. The molecular formula is C29H40N2O3. The van der Waals surface area contributed by atoms with Crippen LogP contribution in [0.1, 0.15) is 76.5 Å². The van der Waals surface area contributed by atoms with Crippen molar-refractivity contribution in [2.75, 3.05) is 6.61 Å². The first kappa shape index (κ1) is 25.8. The number of ether oxygens (including phenoxy) is 1. The highest BCUT2D eigenvalue weighted by Crippen LogP contribution is 2.24. The van der Waals surface area contributed by atoms with Gasteiger partial charge in [0.25, 0.3) is 5.91 Å². The third kappa shape index (κ3) is 7.09. The van der Waals surface area contributed by atoms with Crippen molar-refractivity contribution < 1.29 is 14.3 Å². The van der Waals surface area contributed by atoms with Crippen molar-refractivity contribution in [3.63, 3.8) is 0 Å². The number of benzene rings is 2. The first-order valence-electron chi connectivity index (χ1n) is 12.5. The number of carbonyl (C=O) groups excluding carboxylic acids is 2. The van der Waals surface area contributed by atoms with Crippen LogP contribution in [0.15, 0.2) is 48.5 Å². The zero-order valence-corrected chi connectivity index (χ0v) is 21.4. The average molecular weight is 465 g/mol. The summed E-state index contributed by atoms with van der Waals surface area (Å²) < 4.78 is 5.84.